The van der Waals surface area contributed by atoms with Gasteiger partial charge in [0.05, 0.1) is 0 Å². The number of rotatable bonds is 7. The van der Waals surface area contributed by atoms with Crippen LogP contribution in [0.15, 0.2) is 35.2 Å². The molecule has 49 heavy (non-hydrogen) atoms. The van der Waals surface area contributed by atoms with Gasteiger partial charge in [-0.3, -0.25) is 0 Å². The fourth-order valence-electron chi connectivity index (χ4n) is 10.6. The van der Waals surface area contributed by atoms with Crippen molar-refractivity contribution in [2.24, 2.45) is 0 Å². The van der Waals surface area contributed by atoms with E-state index in [1.54, 1.807) is 166 Å². The Morgan fingerprint density at radius 3 is 0.735 bits per heavy atom. The Morgan fingerprint density at radius 1 is 0.367 bits per heavy atom. The zero-order valence-corrected chi connectivity index (χ0v) is 37.3. The van der Waals surface area contributed by atoms with Gasteiger partial charge in [0.2, 0.25) is 0 Å². The van der Waals surface area contributed by atoms with E-state index in [2.05, 4.69) is 18.4 Å². The van der Waals surface area contributed by atoms with Gasteiger partial charge in [-0.25, -0.2) is 0 Å². The quantitative estimate of drug-likeness (QED) is 0.150. The summed E-state index contributed by atoms with van der Waals surface area (Å²) in [5.41, 5.74) is 7.14. The van der Waals surface area contributed by atoms with Gasteiger partial charge in [0, 0.05) is 4.90 Å². The Morgan fingerprint density at radius 2 is 0.571 bits per heavy atom. The zero-order valence-electron chi connectivity index (χ0n) is 31.5. The van der Waals surface area contributed by atoms with E-state index in [0.717, 1.165) is 0 Å². The Kier molecular flexibility index (Phi) is 26.8. The fraction of sp³-hybridized carbons (Fsp3) is 0.860. The minimum atomic E-state index is 0. The van der Waals surface area contributed by atoms with Crippen molar-refractivity contribution >= 4 is 27.6 Å². The van der Waals surface area contributed by atoms with Crippen LogP contribution in [-0.2, 0) is 19.5 Å². The summed E-state index contributed by atoms with van der Waals surface area (Å²) in [5, 5.41) is 0. The van der Waals surface area contributed by atoms with E-state index in [4.69, 9.17) is 0 Å². The third-order valence-electron chi connectivity index (χ3n) is 13.0. The molecule has 6 fully saturated rings. The molecule has 6 aliphatic rings. The van der Waals surface area contributed by atoms with E-state index in [9.17, 15) is 0 Å². The third-order valence-corrected chi connectivity index (χ3v) is 21.9. The van der Waals surface area contributed by atoms with E-state index >= 15 is 0 Å². The molecule has 0 unspecified atom stereocenters. The Balaban J connectivity index is 0.000000266. The van der Waals surface area contributed by atoms with Gasteiger partial charge in [-0.15, -0.1) is 11.8 Å². The first-order valence-electron chi connectivity index (χ1n) is 21.0. The molecule has 1 aromatic rings. The van der Waals surface area contributed by atoms with Crippen LogP contribution >= 0.6 is 27.6 Å². The molecule has 0 bridgehead atoms. The molecule has 0 nitrogen and oxygen atoms in total. The van der Waals surface area contributed by atoms with Gasteiger partial charge in [-0.2, -0.15) is 0 Å². The van der Waals surface area contributed by atoms with Crippen LogP contribution in [0.25, 0.3) is 0 Å². The van der Waals surface area contributed by atoms with Gasteiger partial charge >= 0.3 is 19.5 Å². The smallest absolute Gasteiger partial charge is 1.00 e. The van der Waals surface area contributed by atoms with Crippen molar-refractivity contribution in [3.05, 3.63) is 30.3 Å². The predicted molar refractivity (Wildman–Crippen MR) is 213 cm³/mol. The maximum Gasteiger partial charge on any atom is 2.00 e. The van der Waals surface area contributed by atoms with Crippen molar-refractivity contribution < 1.29 is 44.3 Å². The Bertz CT molecular complexity index is 749. The Labute approximate surface area is 337 Å². The molecule has 6 saturated carbocycles. The maximum atomic E-state index is 2.10. The van der Waals surface area contributed by atoms with Gasteiger partial charge in [-0.1, -0.05) is 150 Å². The standard InChI is InChI=1S/2C18H33P.C7H8S.2ClH.Ru/c2*1-4-10-16(11-5-1)19(17-12-6-2-7-13-17)18-14-8-3-9-15-18;1-8-7-5-3-2-4-6-7;;;/h2*16-18H,1-15H2;2-6H,1H3;2*1H;/q;;;;;+2/p-2. The molecule has 0 aromatic heterocycles. The SMILES string of the molecule is C1CCC(P(C2CCCCC2)C2CCCCC2)CC1.C1CCC(P(C2CCCCC2)C2CCCCC2)CC1.CSc1ccccc1.[Cl-].[Cl-].[Ru+2]. The van der Waals surface area contributed by atoms with Crippen molar-refractivity contribution in [1.29, 1.82) is 0 Å². The second-order valence-corrected chi connectivity index (χ2v) is 23.2. The van der Waals surface area contributed by atoms with E-state index < -0.39 is 0 Å². The molecule has 284 valence electrons. The average molecular weight is 857 g/mol. The molecule has 0 aliphatic heterocycles. The maximum absolute atomic E-state index is 2.10. The zero-order chi connectivity index (χ0) is 31.7. The van der Waals surface area contributed by atoms with E-state index in [0.29, 0.717) is 15.8 Å². The average Bonchev–Trinajstić information content (AvgIpc) is 3.15. The van der Waals surface area contributed by atoms with Crippen molar-refractivity contribution in [1.82, 2.24) is 0 Å². The molecule has 0 spiro atoms. The summed E-state index contributed by atoms with van der Waals surface area (Å²) in [6, 6.07) is 10.3. The molecular formula is C43H74Cl2P2RuS. The summed E-state index contributed by atoms with van der Waals surface area (Å²) >= 11 is 1.77. The van der Waals surface area contributed by atoms with Crippen LogP contribution < -0.4 is 24.8 Å². The third kappa shape index (κ3) is 16.1. The number of halogens is 2. The summed E-state index contributed by atoms with van der Waals surface area (Å²) in [6.07, 6.45) is 49.3. The number of thioether (sulfide) groups is 1. The van der Waals surface area contributed by atoms with Crippen molar-refractivity contribution in [2.45, 2.75) is 231 Å². The van der Waals surface area contributed by atoms with Gasteiger partial charge < -0.3 is 24.8 Å². The van der Waals surface area contributed by atoms with E-state index in [1.165, 1.54) is 77.4 Å². The second-order valence-electron chi connectivity index (χ2n) is 16.2. The van der Waals surface area contributed by atoms with Crippen LogP contribution in [0.2, 0.25) is 0 Å². The van der Waals surface area contributed by atoms with Gasteiger partial charge in [0.1, 0.15) is 0 Å². The first-order valence-corrected chi connectivity index (χ1v) is 25.3. The second kappa shape index (κ2) is 28.1. The molecule has 0 saturated heterocycles. The Hall–Kier alpha value is 1.63. The molecule has 6 heteroatoms. The molecule has 6 aliphatic carbocycles. The molecule has 0 radical (unpaired) electrons. The number of benzene rings is 1. The van der Waals surface area contributed by atoms with Crippen LogP contribution in [0, 0.1) is 0 Å². The van der Waals surface area contributed by atoms with Crippen LogP contribution in [0.4, 0.5) is 0 Å². The van der Waals surface area contributed by atoms with E-state index in [1.807, 2.05) is 18.2 Å². The largest absolute Gasteiger partial charge is 2.00 e. The van der Waals surface area contributed by atoms with Crippen LogP contribution in [0.1, 0.15) is 193 Å². The summed E-state index contributed by atoms with van der Waals surface area (Å²) in [7, 11) is 0.770. The summed E-state index contributed by atoms with van der Waals surface area (Å²) < 4.78 is 0. The minimum Gasteiger partial charge on any atom is -1.00 e. The molecule has 1 aromatic carbocycles. The van der Waals surface area contributed by atoms with Gasteiger partial charge in [0.15, 0.2) is 0 Å². The van der Waals surface area contributed by atoms with Crippen molar-refractivity contribution in [2.75, 3.05) is 6.26 Å². The minimum absolute atomic E-state index is 0. The first-order chi connectivity index (χ1) is 22.8. The van der Waals surface area contributed by atoms with Crippen molar-refractivity contribution in [3.63, 3.8) is 0 Å². The monoisotopic (exact) mass is 856 g/mol. The molecule has 0 heterocycles. The summed E-state index contributed by atoms with van der Waals surface area (Å²) in [4.78, 5) is 1.33. The molecule has 7 rings (SSSR count). The molecule has 0 N–H and O–H groups in total. The van der Waals surface area contributed by atoms with E-state index in [-0.39, 0.29) is 44.3 Å². The molecule has 0 atom stereocenters. The summed E-state index contributed by atoms with van der Waals surface area (Å²) in [6.45, 7) is 0. The van der Waals surface area contributed by atoms with Crippen molar-refractivity contribution in [3.8, 4) is 0 Å². The normalized spacial score (nSPS) is 23.9. The molecule has 0 amide bonds. The van der Waals surface area contributed by atoms with Gasteiger partial charge in [0.25, 0.3) is 0 Å². The molecular weight excluding hydrogens is 782 g/mol. The number of hydrogen-bond donors (Lipinski definition) is 0. The fourth-order valence-corrected chi connectivity index (χ4v) is 20.4. The first kappa shape index (κ1) is 46.8. The van der Waals surface area contributed by atoms with Crippen LogP contribution in [0.3, 0.4) is 0 Å². The van der Waals surface area contributed by atoms with Crippen LogP contribution in [0.5, 0.6) is 0 Å². The predicted octanol–water partition coefficient (Wildman–Crippen LogP) is 9.35. The summed E-state index contributed by atoms with van der Waals surface area (Å²) in [5.74, 6) is 0. The topological polar surface area (TPSA) is 0 Å². The van der Waals surface area contributed by atoms with Gasteiger partial charge in [-0.05, 0) is 129 Å². The van der Waals surface area contributed by atoms with Crippen LogP contribution in [-0.4, -0.2) is 40.2 Å². The number of hydrogen-bond acceptors (Lipinski definition) is 1.